The van der Waals surface area contributed by atoms with Gasteiger partial charge in [-0.15, -0.1) is 10.2 Å². The summed E-state index contributed by atoms with van der Waals surface area (Å²) in [5, 5.41) is 17.0. The van der Waals surface area contributed by atoms with Crippen LogP contribution in [0, 0.1) is 12.7 Å². The summed E-state index contributed by atoms with van der Waals surface area (Å²) in [6.07, 6.45) is 0.237. The van der Waals surface area contributed by atoms with Crippen LogP contribution in [-0.4, -0.2) is 28.2 Å². The van der Waals surface area contributed by atoms with Gasteiger partial charge in [0.1, 0.15) is 16.9 Å². The fourth-order valence-corrected chi connectivity index (χ4v) is 4.04. The third kappa shape index (κ3) is 6.02. The number of rotatable bonds is 7. The summed E-state index contributed by atoms with van der Waals surface area (Å²) < 4.78 is 13.9. The summed E-state index contributed by atoms with van der Waals surface area (Å²) in [7, 11) is 0. The zero-order chi connectivity index (χ0) is 23.9. The molecule has 0 saturated carbocycles. The third-order valence-corrected chi connectivity index (χ3v) is 5.83. The number of aryl methyl sites for hydroxylation is 1. The zero-order valence-electron chi connectivity index (χ0n) is 18.3. The normalized spacial score (nSPS) is 11.5. The molecular weight excluding hydrogens is 453 g/mol. The first-order chi connectivity index (χ1) is 16.5. The van der Waals surface area contributed by atoms with E-state index in [0.29, 0.717) is 10.1 Å². The van der Waals surface area contributed by atoms with Crippen LogP contribution in [0.5, 0.6) is 0 Å². The van der Waals surface area contributed by atoms with Crippen LogP contribution in [0.2, 0.25) is 0 Å². The van der Waals surface area contributed by atoms with E-state index >= 15 is 0 Å². The van der Waals surface area contributed by atoms with Crippen LogP contribution in [0.4, 0.5) is 20.0 Å². The van der Waals surface area contributed by atoms with Gasteiger partial charge < -0.3 is 10.6 Å². The Bertz CT molecular complexity index is 1300. The quantitative estimate of drug-likeness (QED) is 0.350. The van der Waals surface area contributed by atoms with Gasteiger partial charge in [0.05, 0.1) is 5.69 Å². The van der Waals surface area contributed by atoms with Gasteiger partial charge in [-0.25, -0.2) is 9.18 Å². The summed E-state index contributed by atoms with van der Waals surface area (Å²) in [4.78, 5) is 25.6. The van der Waals surface area contributed by atoms with Gasteiger partial charge in [0, 0.05) is 12.0 Å². The highest BCUT2D eigenvalue weighted by Crippen LogP contribution is 2.27. The van der Waals surface area contributed by atoms with Gasteiger partial charge in [-0.2, -0.15) is 0 Å². The molecule has 1 atom stereocenters. The van der Waals surface area contributed by atoms with Crippen molar-refractivity contribution in [2.45, 2.75) is 19.4 Å². The second-order valence-electron chi connectivity index (χ2n) is 7.59. The van der Waals surface area contributed by atoms with E-state index in [1.807, 2.05) is 61.5 Å². The molecule has 4 rings (SSSR count). The van der Waals surface area contributed by atoms with E-state index in [4.69, 9.17) is 0 Å². The number of hydrogen-bond donors (Lipinski definition) is 3. The highest BCUT2D eigenvalue weighted by atomic mass is 32.1. The maximum Gasteiger partial charge on any atom is 0.319 e. The zero-order valence-corrected chi connectivity index (χ0v) is 19.1. The molecule has 0 aliphatic heterocycles. The number of halogens is 1. The highest BCUT2D eigenvalue weighted by Gasteiger charge is 2.23. The van der Waals surface area contributed by atoms with Crippen molar-refractivity contribution >= 4 is 34.1 Å². The Kier molecular flexibility index (Phi) is 7.24. The molecule has 0 spiro atoms. The van der Waals surface area contributed by atoms with E-state index in [1.165, 1.54) is 29.5 Å². The predicted octanol–water partition coefficient (Wildman–Crippen LogP) is 5.02. The molecule has 1 aromatic heterocycles. The molecule has 1 unspecified atom stereocenters. The minimum atomic E-state index is -0.930. The molecular formula is C25H22FN5O2S. The molecule has 3 amide bonds. The van der Waals surface area contributed by atoms with E-state index < -0.39 is 23.8 Å². The first-order valence-corrected chi connectivity index (χ1v) is 11.4. The van der Waals surface area contributed by atoms with Crippen LogP contribution >= 0.6 is 11.3 Å². The van der Waals surface area contributed by atoms with E-state index in [0.717, 1.165) is 16.7 Å². The first-order valence-electron chi connectivity index (χ1n) is 10.6. The minimum Gasteiger partial charge on any atom is -0.326 e. The van der Waals surface area contributed by atoms with Crippen molar-refractivity contribution in [1.29, 1.82) is 0 Å². The highest BCUT2D eigenvalue weighted by molar-refractivity contribution is 7.18. The van der Waals surface area contributed by atoms with Crippen molar-refractivity contribution < 1.29 is 14.0 Å². The molecule has 3 N–H and O–H groups in total. The van der Waals surface area contributed by atoms with Crippen LogP contribution in [0.3, 0.4) is 0 Å². The molecule has 0 bridgehead atoms. The Hall–Kier alpha value is -4.11. The molecule has 34 heavy (non-hydrogen) atoms. The minimum absolute atomic E-state index is 0.0192. The number of hydrogen-bond acceptors (Lipinski definition) is 5. The molecule has 9 heteroatoms. The van der Waals surface area contributed by atoms with Crippen molar-refractivity contribution in [3.63, 3.8) is 0 Å². The van der Waals surface area contributed by atoms with Crippen molar-refractivity contribution in [3.8, 4) is 10.6 Å². The van der Waals surface area contributed by atoms with Crippen molar-refractivity contribution in [2.75, 3.05) is 10.6 Å². The Labute approximate surface area is 200 Å². The predicted molar refractivity (Wildman–Crippen MR) is 131 cm³/mol. The molecule has 3 aromatic carbocycles. The molecule has 0 fully saturated rings. The Morgan fingerprint density at radius 2 is 1.71 bits per heavy atom. The Morgan fingerprint density at radius 1 is 0.941 bits per heavy atom. The molecule has 4 aromatic rings. The van der Waals surface area contributed by atoms with Crippen molar-refractivity contribution in [2.24, 2.45) is 0 Å². The topological polar surface area (TPSA) is 96.0 Å². The number of aromatic nitrogens is 2. The smallest absolute Gasteiger partial charge is 0.319 e. The number of benzene rings is 3. The maximum absolute atomic E-state index is 13.9. The van der Waals surface area contributed by atoms with Gasteiger partial charge in [0.25, 0.3) is 0 Å². The molecule has 172 valence electrons. The van der Waals surface area contributed by atoms with E-state index in [9.17, 15) is 14.0 Å². The fraction of sp³-hybridized carbons (Fsp3) is 0.120. The number of para-hydroxylation sites is 1. The summed E-state index contributed by atoms with van der Waals surface area (Å²) >= 11 is 1.24. The number of anilines is 2. The third-order valence-electron chi connectivity index (χ3n) is 4.95. The summed E-state index contributed by atoms with van der Waals surface area (Å²) in [6.45, 7) is 1.99. The summed E-state index contributed by atoms with van der Waals surface area (Å²) in [6, 6.07) is 21.3. The van der Waals surface area contributed by atoms with Crippen LogP contribution in [-0.2, 0) is 11.2 Å². The second kappa shape index (κ2) is 10.7. The number of nitrogens with one attached hydrogen (secondary N) is 3. The van der Waals surface area contributed by atoms with E-state index in [-0.39, 0.29) is 12.1 Å². The van der Waals surface area contributed by atoms with Crippen LogP contribution in [0.1, 0.15) is 11.1 Å². The molecule has 0 radical (unpaired) electrons. The first kappa shape index (κ1) is 23.1. The standard InChI is InChI=1S/C25H22FN5O2S/c1-16-8-7-11-18(14-16)23-30-31-25(34-23)29-22(32)21(15-17-9-3-2-4-10-17)28-24(33)27-20-13-6-5-12-19(20)26/h2-14,21H,15H2,1H3,(H2,27,28,33)(H,29,31,32). The number of urea groups is 1. The van der Waals surface area contributed by atoms with Crippen molar-refractivity contribution in [1.82, 2.24) is 15.5 Å². The number of amides is 3. The second-order valence-corrected chi connectivity index (χ2v) is 8.57. The average molecular weight is 476 g/mol. The Morgan fingerprint density at radius 3 is 2.47 bits per heavy atom. The number of carbonyl (C=O) groups is 2. The monoisotopic (exact) mass is 475 g/mol. The van der Waals surface area contributed by atoms with Crippen LogP contribution in [0.25, 0.3) is 10.6 Å². The van der Waals surface area contributed by atoms with Gasteiger partial charge in [0.15, 0.2) is 0 Å². The lowest BCUT2D eigenvalue weighted by atomic mass is 10.1. The molecule has 0 aliphatic rings. The van der Waals surface area contributed by atoms with Gasteiger partial charge >= 0.3 is 6.03 Å². The average Bonchev–Trinajstić information content (AvgIpc) is 3.29. The molecule has 0 saturated heterocycles. The molecule has 1 heterocycles. The number of carbonyl (C=O) groups excluding carboxylic acids is 2. The lowest BCUT2D eigenvalue weighted by molar-refractivity contribution is -0.117. The number of nitrogens with zero attached hydrogens (tertiary/aromatic N) is 2. The maximum atomic E-state index is 13.9. The Balaban J connectivity index is 1.48. The lowest BCUT2D eigenvalue weighted by Gasteiger charge is -2.18. The van der Waals surface area contributed by atoms with Gasteiger partial charge in [-0.3, -0.25) is 10.1 Å². The van der Waals surface area contributed by atoms with Gasteiger partial charge in [0.2, 0.25) is 11.0 Å². The SMILES string of the molecule is Cc1cccc(-c2nnc(NC(=O)C(Cc3ccccc3)NC(=O)Nc3ccccc3F)s2)c1. The van der Waals surface area contributed by atoms with E-state index in [2.05, 4.69) is 26.1 Å². The van der Waals surface area contributed by atoms with Crippen molar-refractivity contribution in [3.05, 3.63) is 95.8 Å². The van der Waals surface area contributed by atoms with Gasteiger partial charge in [-0.1, -0.05) is 77.6 Å². The summed E-state index contributed by atoms with van der Waals surface area (Å²) in [5.74, 6) is -1.03. The van der Waals surface area contributed by atoms with Crippen LogP contribution < -0.4 is 16.0 Å². The lowest BCUT2D eigenvalue weighted by Crippen LogP contribution is -2.47. The summed E-state index contributed by atoms with van der Waals surface area (Å²) in [5.41, 5.74) is 2.87. The van der Waals surface area contributed by atoms with Gasteiger partial charge in [-0.05, 0) is 30.7 Å². The van der Waals surface area contributed by atoms with Crippen LogP contribution in [0.15, 0.2) is 78.9 Å². The largest absolute Gasteiger partial charge is 0.326 e. The van der Waals surface area contributed by atoms with E-state index in [1.54, 1.807) is 6.07 Å². The molecule has 7 nitrogen and oxygen atoms in total. The molecule has 0 aliphatic carbocycles. The fourth-order valence-electron chi connectivity index (χ4n) is 3.30.